The van der Waals surface area contributed by atoms with Crippen LogP contribution < -0.4 is 10.3 Å². The lowest BCUT2D eigenvalue weighted by Crippen LogP contribution is -2.24. The molecule has 0 radical (unpaired) electrons. The molecule has 156 valence electrons. The van der Waals surface area contributed by atoms with E-state index in [0.717, 1.165) is 19.0 Å². The SMILES string of the molecule is CCC/C=C/COc1nc2n(C(F)F)c(Cl)cn2c(=O)c1COCC(F)(F)F. The zero-order valence-corrected chi connectivity index (χ0v) is 15.4. The van der Waals surface area contributed by atoms with Gasteiger partial charge >= 0.3 is 12.7 Å². The zero-order valence-electron chi connectivity index (χ0n) is 14.7. The van der Waals surface area contributed by atoms with Crippen LogP contribution in [0.4, 0.5) is 22.0 Å². The van der Waals surface area contributed by atoms with Crippen molar-refractivity contribution in [1.82, 2.24) is 14.0 Å². The van der Waals surface area contributed by atoms with Crippen LogP contribution in [0, 0.1) is 0 Å². The Kier molecular flexibility index (Phi) is 7.41. The maximum Gasteiger partial charge on any atom is 0.411 e. The van der Waals surface area contributed by atoms with Gasteiger partial charge < -0.3 is 9.47 Å². The highest BCUT2D eigenvalue weighted by Crippen LogP contribution is 2.25. The van der Waals surface area contributed by atoms with E-state index < -0.39 is 48.3 Å². The Morgan fingerprint density at radius 3 is 2.64 bits per heavy atom. The van der Waals surface area contributed by atoms with E-state index in [-0.39, 0.29) is 12.2 Å². The second-order valence-corrected chi connectivity index (χ2v) is 6.04. The predicted molar refractivity (Wildman–Crippen MR) is 91.0 cm³/mol. The number of fused-ring (bicyclic) bond motifs is 1. The van der Waals surface area contributed by atoms with Crippen LogP contribution in [-0.4, -0.2) is 33.3 Å². The van der Waals surface area contributed by atoms with Crippen LogP contribution in [0.15, 0.2) is 23.1 Å². The van der Waals surface area contributed by atoms with Gasteiger partial charge in [-0.05, 0) is 6.42 Å². The van der Waals surface area contributed by atoms with Gasteiger partial charge in [0.25, 0.3) is 5.56 Å². The molecule has 2 aromatic heterocycles. The van der Waals surface area contributed by atoms with Crippen molar-refractivity contribution in [1.29, 1.82) is 0 Å². The Morgan fingerprint density at radius 2 is 2.04 bits per heavy atom. The Labute approximate surface area is 161 Å². The molecular formula is C16H17ClF5N3O3. The van der Waals surface area contributed by atoms with Gasteiger partial charge in [0.15, 0.2) is 0 Å². The molecule has 2 aromatic rings. The minimum atomic E-state index is -4.60. The Bertz CT molecular complexity index is 892. The van der Waals surface area contributed by atoms with Gasteiger partial charge in [0, 0.05) is 0 Å². The van der Waals surface area contributed by atoms with Crippen molar-refractivity contribution in [3.63, 3.8) is 0 Å². The van der Waals surface area contributed by atoms with Crippen molar-refractivity contribution in [3.05, 3.63) is 39.4 Å². The van der Waals surface area contributed by atoms with E-state index in [0.29, 0.717) is 8.97 Å². The summed E-state index contributed by atoms with van der Waals surface area (Å²) in [7, 11) is 0. The number of allylic oxidation sites excluding steroid dienone is 1. The molecule has 0 unspecified atom stereocenters. The van der Waals surface area contributed by atoms with Crippen LogP contribution in [0.3, 0.4) is 0 Å². The minimum absolute atomic E-state index is 0.0575. The second-order valence-electron chi connectivity index (χ2n) is 5.65. The molecule has 0 atom stereocenters. The fraction of sp³-hybridized carbons (Fsp3) is 0.500. The average Bonchev–Trinajstić information content (AvgIpc) is 2.92. The van der Waals surface area contributed by atoms with Crippen LogP contribution in [0.25, 0.3) is 5.78 Å². The minimum Gasteiger partial charge on any atom is -0.473 e. The van der Waals surface area contributed by atoms with Gasteiger partial charge in [-0.25, -0.2) is 8.97 Å². The molecule has 0 amide bonds. The summed E-state index contributed by atoms with van der Waals surface area (Å²) in [6, 6.07) is 0. The number of aromatic nitrogens is 3. The highest BCUT2D eigenvalue weighted by Gasteiger charge is 2.28. The first-order valence-corrected chi connectivity index (χ1v) is 8.56. The first-order valence-electron chi connectivity index (χ1n) is 8.18. The van der Waals surface area contributed by atoms with Gasteiger partial charge in [-0.15, -0.1) is 0 Å². The van der Waals surface area contributed by atoms with Crippen LogP contribution in [0.1, 0.15) is 31.9 Å². The summed E-state index contributed by atoms with van der Waals surface area (Å²) in [5.41, 5.74) is -1.25. The van der Waals surface area contributed by atoms with Crippen molar-refractivity contribution in [2.45, 2.75) is 39.1 Å². The number of imidazole rings is 1. The summed E-state index contributed by atoms with van der Waals surface area (Å²) in [6.07, 6.45) is 1.37. The lowest BCUT2D eigenvalue weighted by atomic mass is 10.3. The summed E-state index contributed by atoms with van der Waals surface area (Å²) >= 11 is 5.72. The predicted octanol–water partition coefficient (Wildman–Crippen LogP) is 4.36. The van der Waals surface area contributed by atoms with E-state index in [1.54, 1.807) is 12.2 Å². The largest absolute Gasteiger partial charge is 0.473 e. The fourth-order valence-corrected chi connectivity index (χ4v) is 2.51. The summed E-state index contributed by atoms with van der Waals surface area (Å²) in [5.74, 6) is -0.901. The zero-order chi connectivity index (χ0) is 20.9. The smallest absolute Gasteiger partial charge is 0.411 e. The van der Waals surface area contributed by atoms with Gasteiger partial charge in [-0.2, -0.15) is 26.9 Å². The topological polar surface area (TPSA) is 57.8 Å². The molecule has 2 heterocycles. The molecule has 0 N–H and O–H groups in total. The molecule has 0 bridgehead atoms. The summed E-state index contributed by atoms with van der Waals surface area (Å²) in [6.45, 7) is -3.55. The molecule has 0 aliphatic heterocycles. The molecule has 0 aliphatic rings. The first kappa shape index (κ1) is 22.2. The second kappa shape index (κ2) is 9.37. The van der Waals surface area contributed by atoms with E-state index in [1.807, 2.05) is 6.92 Å². The Hall–Kier alpha value is -2.14. The summed E-state index contributed by atoms with van der Waals surface area (Å²) in [5, 5.41) is -0.471. The number of alkyl halides is 5. The van der Waals surface area contributed by atoms with Crippen LogP contribution >= 0.6 is 11.6 Å². The van der Waals surface area contributed by atoms with Gasteiger partial charge in [0.05, 0.1) is 12.8 Å². The molecule has 0 aromatic carbocycles. The number of rotatable bonds is 9. The number of unbranched alkanes of at least 4 members (excludes halogenated alkanes) is 1. The molecule has 28 heavy (non-hydrogen) atoms. The lowest BCUT2D eigenvalue weighted by molar-refractivity contribution is -0.176. The standard InChI is InChI=1S/C16H17ClF5N3O3/c1-2-3-4-5-6-28-12-10(8-27-9-16(20,21)22)13(26)24-7-11(17)25(14(18)19)15(24)23-12/h4-5,7,14H,2-3,6,8-9H2,1H3/b5-4+. The Balaban J connectivity index is 2.43. The fourth-order valence-electron chi connectivity index (χ4n) is 2.26. The third-order valence-electron chi connectivity index (χ3n) is 3.48. The third-order valence-corrected chi connectivity index (χ3v) is 3.76. The highest BCUT2D eigenvalue weighted by molar-refractivity contribution is 6.29. The maximum absolute atomic E-state index is 13.2. The average molecular weight is 430 g/mol. The molecule has 0 saturated heterocycles. The highest BCUT2D eigenvalue weighted by atomic mass is 35.5. The van der Waals surface area contributed by atoms with Crippen LogP contribution in [0.5, 0.6) is 5.88 Å². The molecule has 6 nitrogen and oxygen atoms in total. The monoisotopic (exact) mass is 429 g/mol. The first-order chi connectivity index (χ1) is 13.2. The molecule has 12 heteroatoms. The van der Waals surface area contributed by atoms with Gasteiger partial charge in [-0.3, -0.25) is 4.79 Å². The van der Waals surface area contributed by atoms with Crippen molar-refractivity contribution < 1.29 is 31.4 Å². The van der Waals surface area contributed by atoms with Crippen LogP contribution in [0.2, 0.25) is 5.15 Å². The Morgan fingerprint density at radius 1 is 1.32 bits per heavy atom. The van der Waals surface area contributed by atoms with Crippen molar-refractivity contribution >= 4 is 17.4 Å². The molecule has 2 rings (SSSR count). The molecule has 0 aliphatic carbocycles. The number of hydrogen-bond donors (Lipinski definition) is 0. The van der Waals surface area contributed by atoms with Gasteiger partial charge in [0.1, 0.15) is 23.9 Å². The number of halogens is 6. The van der Waals surface area contributed by atoms with Crippen molar-refractivity contribution in [2.75, 3.05) is 13.2 Å². The number of ether oxygens (including phenoxy) is 2. The van der Waals surface area contributed by atoms with E-state index >= 15 is 0 Å². The quantitative estimate of drug-likeness (QED) is 0.439. The van der Waals surface area contributed by atoms with E-state index in [4.69, 9.17) is 16.3 Å². The van der Waals surface area contributed by atoms with Crippen LogP contribution in [-0.2, 0) is 11.3 Å². The van der Waals surface area contributed by atoms with Gasteiger partial charge in [0.2, 0.25) is 11.7 Å². The number of hydrogen-bond acceptors (Lipinski definition) is 4. The molecule has 0 spiro atoms. The molecule has 0 fully saturated rings. The molecule has 0 saturated carbocycles. The van der Waals surface area contributed by atoms with Crippen molar-refractivity contribution in [2.24, 2.45) is 0 Å². The lowest BCUT2D eigenvalue weighted by Gasteiger charge is -2.12. The normalized spacial score (nSPS) is 12.6. The van der Waals surface area contributed by atoms with Crippen molar-refractivity contribution in [3.8, 4) is 5.88 Å². The van der Waals surface area contributed by atoms with E-state index in [9.17, 15) is 26.7 Å². The number of nitrogens with zero attached hydrogens (tertiary/aromatic N) is 3. The van der Waals surface area contributed by atoms with E-state index in [1.165, 1.54) is 0 Å². The summed E-state index contributed by atoms with van der Waals surface area (Å²) in [4.78, 5) is 16.4. The third kappa shape index (κ3) is 5.44. The molecular weight excluding hydrogens is 413 g/mol. The van der Waals surface area contributed by atoms with Gasteiger partial charge in [-0.1, -0.05) is 37.1 Å². The van der Waals surface area contributed by atoms with E-state index in [2.05, 4.69) is 9.72 Å². The summed E-state index contributed by atoms with van der Waals surface area (Å²) < 4.78 is 74.2. The maximum atomic E-state index is 13.2.